The SMILES string of the molecule is Cc1ccc(C)c(N2CC(C(=O)O)CN(C)C2=O)c1. The van der Waals surface area contributed by atoms with Crippen LogP contribution < -0.4 is 4.90 Å². The molecular weight excluding hydrogens is 244 g/mol. The second-order valence-electron chi connectivity index (χ2n) is 5.10. The van der Waals surface area contributed by atoms with E-state index in [2.05, 4.69) is 0 Å². The summed E-state index contributed by atoms with van der Waals surface area (Å²) < 4.78 is 0. The van der Waals surface area contributed by atoms with Crippen LogP contribution in [0.3, 0.4) is 0 Å². The minimum atomic E-state index is -0.866. The van der Waals surface area contributed by atoms with Gasteiger partial charge in [-0.2, -0.15) is 0 Å². The molecule has 1 heterocycles. The molecular formula is C14H18N2O3. The Bertz CT molecular complexity index is 527. The fourth-order valence-electron chi connectivity index (χ4n) is 2.34. The van der Waals surface area contributed by atoms with Crippen molar-refractivity contribution >= 4 is 17.7 Å². The Labute approximate surface area is 112 Å². The number of carbonyl (C=O) groups is 2. The van der Waals surface area contributed by atoms with Gasteiger partial charge in [0.1, 0.15) is 0 Å². The standard InChI is InChI=1S/C14H18N2O3/c1-9-4-5-10(2)12(6-9)16-8-11(13(17)18)7-15(3)14(16)19/h4-6,11H,7-8H2,1-3H3,(H,17,18). The maximum Gasteiger partial charge on any atom is 0.324 e. The lowest BCUT2D eigenvalue weighted by Gasteiger charge is -2.37. The first-order valence-electron chi connectivity index (χ1n) is 6.23. The largest absolute Gasteiger partial charge is 0.481 e. The fourth-order valence-corrected chi connectivity index (χ4v) is 2.34. The quantitative estimate of drug-likeness (QED) is 0.885. The molecule has 1 aromatic carbocycles. The summed E-state index contributed by atoms with van der Waals surface area (Å²) in [7, 11) is 1.63. The summed E-state index contributed by atoms with van der Waals surface area (Å²) in [4.78, 5) is 26.4. The third-order valence-corrected chi connectivity index (χ3v) is 3.46. The van der Waals surface area contributed by atoms with Crippen molar-refractivity contribution in [2.75, 3.05) is 25.0 Å². The molecule has 5 heteroatoms. The van der Waals surface area contributed by atoms with Crippen LogP contribution in [0.2, 0.25) is 0 Å². The molecule has 5 nitrogen and oxygen atoms in total. The Morgan fingerprint density at radius 3 is 2.63 bits per heavy atom. The number of nitrogens with zero attached hydrogens (tertiary/aromatic N) is 2. The molecule has 0 radical (unpaired) electrons. The molecule has 1 saturated heterocycles. The molecule has 1 aliphatic heterocycles. The van der Waals surface area contributed by atoms with Gasteiger partial charge in [-0.05, 0) is 31.0 Å². The average Bonchev–Trinajstić information content (AvgIpc) is 2.35. The average molecular weight is 262 g/mol. The van der Waals surface area contributed by atoms with Crippen LogP contribution in [0.5, 0.6) is 0 Å². The molecule has 0 bridgehead atoms. The first-order valence-corrected chi connectivity index (χ1v) is 6.23. The molecule has 1 atom stereocenters. The Hall–Kier alpha value is -2.04. The Morgan fingerprint density at radius 2 is 2.00 bits per heavy atom. The molecule has 102 valence electrons. The molecule has 1 unspecified atom stereocenters. The van der Waals surface area contributed by atoms with Crippen LogP contribution in [0.15, 0.2) is 18.2 Å². The predicted molar refractivity (Wildman–Crippen MR) is 72.4 cm³/mol. The van der Waals surface area contributed by atoms with Gasteiger partial charge in [0.25, 0.3) is 0 Å². The van der Waals surface area contributed by atoms with Crippen LogP contribution in [-0.4, -0.2) is 42.1 Å². The molecule has 0 saturated carbocycles. The van der Waals surface area contributed by atoms with Crippen molar-refractivity contribution in [2.24, 2.45) is 5.92 Å². The summed E-state index contributed by atoms with van der Waals surface area (Å²) in [6.45, 7) is 4.36. The molecule has 19 heavy (non-hydrogen) atoms. The van der Waals surface area contributed by atoms with Gasteiger partial charge in [0, 0.05) is 25.8 Å². The van der Waals surface area contributed by atoms with E-state index >= 15 is 0 Å². The fraction of sp³-hybridized carbons (Fsp3) is 0.429. The highest BCUT2D eigenvalue weighted by Gasteiger charge is 2.34. The number of carboxylic acid groups (broad SMARTS) is 1. The number of carbonyl (C=O) groups excluding carboxylic acids is 1. The zero-order chi connectivity index (χ0) is 14.2. The zero-order valence-electron chi connectivity index (χ0n) is 11.4. The van der Waals surface area contributed by atoms with Gasteiger partial charge in [-0.3, -0.25) is 9.69 Å². The smallest absolute Gasteiger partial charge is 0.324 e. The summed E-state index contributed by atoms with van der Waals surface area (Å²) in [6, 6.07) is 5.70. The number of benzene rings is 1. The summed E-state index contributed by atoms with van der Waals surface area (Å²) in [5.74, 6) is -1.42. The molecule has 2 rings (SSSR count). The molecule has 1 aromatic rings. The lowest BCUT2D eigenvalue weighted by atomic mass is 10.0. The second kappa shape index (κ2) is 4.91. The van der Waals surface area contributed by atoms with E-state index in [1.54, 1.807) is 11.9 Å². The molecule has 1 fully saturated rings. The lowest BCUT2D eigenvalue weighted by Crippen LogP contribution is -2.54. The van der Waals surface area contributed by atoms with E-state index in [0.29, 0.717) is 0 Å². The van der Waals surface area contributed by atoms with E-state index in [-0.39, 0.29) is 19.1 Å². The van der Waals surface area contributed by atoms with E-state index in [4.69, 9.17) is 5.11 Å². The number of anilines is 1. The van der Waals surface area contributed by atoms with Crippen LogP contribution in [0.25, 0.3) is 0 Å². The van der Waals surface area contributed by atoms with Gasteiger partial charge >= 0.3 is 12.0 Å². The second-order valence-corrected chi connectivity index (χ2v) is 5.10. The van der Waals surface area contributed by atoms with E-state index in [9.17, 15) is 9.59 Å². The van der Waals surface area contributed by atoms with Gasteiger partial charge in [0.15, 0.2) is 0 Å². The number of amides is 2. The monoisotopic (exact) mass is 262 g/mol. The maximum atomic E-state index is 12.2. The van der Waals surface area contributed by atoms with Crippen LogP contribution in [-0.2, 0) is 4.79 Å². The van der Waals surface area contributed by atoms with Gasteiger partial charge < -0.3 is 10.0 Å². The summed E-state index contributed by atoms with van der Waals surface area (Å²) in [5, 5.41) is 9.17. The maximum absolute atomic E-state index is 12.2. The van der Waals surface area contributed by atoms with Crippen molar-refractivity contribution in [1.29, 1.82) is 0 Å². The summed E-state index contributed by atoms with van der Waals surface area (Å²) >= 11 is 0. The molecule has 0 aromatic heterocycles. The van der Waals surface area contributed by atoms with Crippen molar-refractivity contribution in [1.82, 2.24) is 4.90 Å². The number of rotatable bonds is 2. The molecule has 0 spiro atoms. The number of urea groups is 1. The minimum absolute atomic E-state index is 0.147. The van der Waals surface area contributed by atoms with Crippen molar-refractivity contribution in [3.8, 4) is 0 Å². The Morgan fingerprint density at radius 1 is 1.32 bits per heavy atom. The first kappa shape index (κ1) is 13.4. The molecule has 0 aliphatic carbocycles. The zero-order valence-corrected chi connectivity index (χ0v) is 11.4. The summed E-state index contributed by atoms with van der Waals surface area (Å²) in [5.41, 5.74) is 2.81. The third kappa shape index (κ3) is 2.54. The highest BCUT2D eigenvalue weighted by Crippen LogP contribution is 2.26. The predicted octanol–water partition coefficient (Wildman–Crippen LogP) is 1.88. The Balaban J connectivity index is 2.38. The topological polar surface area (TPSA) is 60.9 Å². The summed E-state index contributed by atoms with van der Waals surface area (Å²) in [6.07, 6.45) is 0. The highest BCUT2D eigenvalue weighted by atomic mass is 16.4. The lowest BCUT2D eigenvalue weighted by molar-refractivity contribution is -0.142. The van der Waals surface area contributed by atoms with Crippen molar-refractivity contribution in [3.05, 3.63) is 29.3 Å². The van der Waals surface area contributed by atoms with Crippen molar-refractivity contribution in [3.63, 3.8) is 0 Å². The normalized spacial score (nSPS) is 19.7. The number of carboxylic acids is 1. The number of hydrogen-bond donors (Lipinski definition) is 1. The van der Waals surface area contributed by atoms with Gasteiger partial charge in [0.05, 0.1) is 5.92 Å². The number of hydrogen-bond acceptors (Lipinski definition) is 2. The first-order chi connectivity index (χ1) is 8.90. The van der Waals surface area contributed by atoms with E-state index in [0.717, 1.165) is 16.8 Å². The molecule has 1 aliphatic rings. The van der Waals surface area contributed by atoms with Crippen LogP contribution >= 0.6 is 0 Å². The van der Waals surface area contributed by atoms with Crippen molar-refractivity contribution in [2.45, 2.75) is 13.8 Å². The van der Waals surface area contributed by atoms with E-state index < -0.39 is 11.9 Å². The molecule has 1 N–H and O–H groups in total. The van der Waals surface area contributed by atoms with Crippen LogP contribution in [0.1, 0.15) is 11.1 Å². The van der Waals surface area contributed by atoms with Crippen LogP contribution in [0, 0.1) is 19.8 Å². The van der Waals surface area contributed by atoms with E-state index in [1.807, 2.05) is 32.0 Å². The Kier molecular flexibility index (Phi) is 3.46. The number of aryl methyl sites for hydroxylation is 2. The van der Waals surface area contributed by atoms with Gasteiger partial charge in [-0.15, -0.1) is 0 Å². The van der Waals surface area contributed by atoms with Crippen LogP contribution in [0.4, 0.5) is 10.5 Å². The minimum Gasteiger partial charge on any atom is -0.481 e. The van der Waals surface area contributed by atoms with Crippen molar-refractivity contribution < 1.29 is 14.7 Å². The van der Waals surface area contributed by atoms with Gasteiger partial charge in [-0.25, -0.2) is 4.79 Å². The van der Waals surface area contributed by atoms with Gasteiger partial charge in [-0.1, -0.05) is 12.1 Å². The molecule has 2 amide bonds. The van der Waals surface area contributed by atoms with E-state index in [1.165, 1.54) is 4.90 Å². The highest BCUT2D eigenvalue weighted by molar-refractivity contribution is 5.95. The number of aliphatic carboxylic acids is 1. The third-order valence-electron chi connectivity index (χ3n) is 3.46. The van der Waals surface area contributed by atoms with Gasteiger partial charge in [0.2, 0.25) is 0 Å².